The molecule has 6 nitrogen and oxygen atoms in total. The van der Waals surface area contributed by atoms with Gasteiger partial charge in [-0.25, -0.2) is 9.78 Å². The molecule has 162 valence electrons. The summed E-state index contributed by atoms with van der Waals surface area (Å²) in [5.74, 6) is -0.847. The molecule has 2 aromatic heterocycles. The molecule has 1 amide bonds. The van der Waals surface area contributed by atoms with Crippen molar-refractivity contribution in [3.8, 4) is 0 Å². The molecule has 32 heavy (non-hydrogen) atoms. The van der Waals surface area contributed by atoms with Crippen LogP contribution in [0.4, 0.5) is 0 Å². The number of fused-ring (bicyclic) bond motifs is 1. The highest BCUT2D eigenvalue weighted by molar-refractivity contribution is 5.90. The molecule has 2 heterocycles. The van der Waals surface area contributed by atoms with Crippen molar-refractivity contribution in [2.75, 3.05) is 13.2 Å². The third-order valence-corrected chi connectivity index (χ3v) is 5.23. The van der Waals surface area contributed by atoms with Crippen LogP contribution in [0.3, 0.4) is 0 Å². The van der Waals surface area contributed by atoms with E-state index < -0.39 is 5.97 Å². The molecule has 0 saturated heterocycles. The Morgan fingerprint density at radius 1 is 0.969 bits per heavy atom. The number of nitrogens with zero attached hydrogens (tertiary/aromatic N) is 3. The Kier molecular flexibility index (Phi) is 6.60. The molecule has 0 aliphatic rings. The molecule has 2 aromatic carbocycles. The molecule has 4 aromatic rings. The molecule has 0 N–H and O–H groups in total. The number of imidazole rings is 1. The summed E-state index contributed by atoms with van der Waals surface area (Å²) in [5.41, 5.74) is 4.07. The number of benzene rings is 2. The number of amides is 1. The van der Waals surface area contributed by atoms with E-state index in [1.54, 1.807) is 15.5 Å². The number of hydrogen-bond donors (Lipinski definition) is 0. The third-order valence-electron chi connectivity index (χ3n) is 5.23. The minimum atomic E-state index is -0.609. The summed E-state index contributed by atoms with van der Waals surface area (Å²) in [6, 6.07) is 23.6. The Labute approximate surface area is 187 Å². The van der Waals surface area contributed by atoms with Crippen LogP contribution in [0.5, 0.6) is 0 Å². The van der Waals surface area contributed by atoms with Gasteiger partial charge in [0.2, 0.25) is 0 Å². The molecule has 0 fully saturated rings. The van der Waals surface area contributed by atoms with E-state index >= 15 is 0 Å². The SMILES string of the molecule is Cc1ccn2cc(C(=O)OCC(=O)N(CCc3ccccc3)Cc3ccccc3)nc2c1. The van der Waals surface area contributed by atoms with Crippen molar-refractivity contribution in [3.05, 3.63) is 108 Å². The Morgan fingerprint density at radius 2 is 1.66 bits per heavy atom. The van der Waals surface area contributed by atoms with E-state index in [1.807, 2.05) is 85.9 Å². The molecule has 0 aliphatic carbocycles. The number of ether oxygens (including phenoxy) is 1. The van der Waals surface area contributed by atoms with Crippen LogP contribution in [0.2, 0.25) is 0 Å². The highest BCUT2D eigenvalue weighted by atomic mass is 16.5. The number of aromatic nitrogens is 2. The molecule has 4 rings (SSSR count). The van der Waals surface area contributed by atoms with Crippen LogP contribution in [0.25, 0.3) is 5.65 Å². The van der Waals surface area contributed by atoms with Crippen LogP contribution in [0.15, 0.2) is 85.2 Å². The van der Waals surface area contributed by atoms with Gasteiger partial charge in [-0.05, 0) is 42.2 Å². The summed E-state index contributed by atoms with van der Waals surface area (Å²) >= 11 is 0. The fraction of sp³-hybridized carbons (Fsp3) is 0.192. The highest BCUT2D eigenvalue weighted by Crippen LogP contribution is 2.11. The average molecular weight is 428 g/mol. The van der Waals surface area contributed by atoms with Crippen LogP contribution >= 0.6 is 0 Å². The van der Waals surface area contributed by atoms with Crippen LogP contribution in [0, 0.1) is 6.92 Å². The predicted octanol–water partition coefficient (Wildman–Crippen LogP) is 4.07. The Hall–Kier alpha value is -3.93. The van der Waals surface area contributed by atoms with Crippen molar-refractivity contribution in [1.29, 1.82) is 0 Å². The van der Waals surface area contributed by atoms with E-state index in [0.29, 0.717) is 18.7 Å². The van der Waals surface area contributed by atoms with Gasteiger partial charge in [-0.2, -0.15) is 0 Å². The maximum absolute atomic E-state index is 12.9. The van der Waals surface area contributed by atoms with Gasteiger partial charge in [-0.15, -0.1) is 0 Å². The van der Waals surface area contributed by atoms with Gasteiger partial charge >= 0.3 is 5.97 Å². The number of esters is 1. The van der Waals surface area contributed by atoms with E-state index in [4.69, 9.17) is 4.74 Å². The second kappa shape index (κ2) is 9.92. The smallest absolute Gasteiger partial charge is 0.359 e. The fourth-order valence-electron chi connectivity index (χ4n) is 3.48. The lowest BCUT2D eigenvalue weighted by Gasteiger charge is -2.23. The minimum Gasteiger partial charge on any atom is -0.451 e. The molecule has 6 heteroatoms. The van der Waals surface area contributed by atoms with Crippen LogP contribution < -0.4 is 0 Å². The zero-order valence-electron chi connectivity index (χ0n) is 18.0. The highest BCUT2D eigenvalue weighted by Gasteiger charge is 2.19. The van der Waals surface area contributed by atoms with E-state index in [2.05, 4.69) is 4.98 Å². The summed E-state index contributed by atoms with van der Waals surface area (Å²) < 4.78 is 7.07. The van der Waals surface area contributed by atoms with Gasteiger partial charge in [0.15, 0.2) is 12.3 Å². The van der Waals surface area contributed by atoms with Crippen molar-refractivity contribution < 1.29 is 14.3 Å². The largest absolute Gasteiger partial charge is 0.451 e. The third kappa shape index (κ3) is 5.40. The minimum absolute atomic E-state index is 0.183. The van der Waals surface area contributed by atoms with E-state index in [9.17, 15) is 9.59 Å². The van der Waals surface area contributed by atoms with Gasteiger partial charge in [-0.1, -0.05) is 60.7 Å². The quantitative estimate of drug-likeness (QED) is 0.398. The first kappa shape index (κ1) is 21.3. The van der Waals surface area contributed by atoms with Crippen molar-refractivity contribution in [2.24, 2.45) is 0 Å². The number of rotatable bonds is 8. The molecule has 0 aliphatic heterocycles. The van der Waals surface area contributed by atoms with E-state index in [-0.39, 0.29) is 18.2 Å². The van der Waals surface area contributed by atoms with Crippen molar-refractivity contribution >= 4 is 17.5 Å². The standard InChI is InChI=1S/C26H25N3O3/c1-20-12-14-28-18-23(27-24(28)16-20)26(31)32-19-25(30)29(17-22-10-6-3-7-11-22)15-13-21-8-4-2-5-9-21/h2-12,14,16,18H,13,15,17,19H2,1H3. The van der Waals surface area contributed by atoms with Crippen LogP contribution in [0.1, 0.15) is 27.2 Å². The molecule has 0 spiro atoms. The number of carbonyl (C=O) groups excluding carboxylic acids is 2. The first-order valence-corrected chi connectivity index (χ1v) is 10.6. The van der Waals surface area contributed by atoms with Gasteiger partial charge in [-0.3, -0.25) is 4.79 Å². The second-order valence-corrected chi connectivity index (χ2v) is 7.71. The lowest BCUT2D eigenvalue weighted by molar-refractivity contribution is -0.135. The number of pyridine rings is 1. The molecule has 0 radical (unpaired) electrons. The molecule has 0 unspecified atom stereocenters. The van der Waals surface area contributed by atoms with Crippen molar-refractivity contribution in [2.45, 2.75) is 19.9 Å². The summed E-state index contributed by atoms with van der Waals surface area (Å²) in [5, 5.41) is 0. The second-order valence-electron chi connectivity index (χ2n) is 7.71. The summed E-state index contributed by atoms with van der Waals surface area (Å²) in [6.45, 7) is 2.62. The zero-order valence-corrected chi connectivity index (χ0v) is 18.0. The van der Waals surface area contributed by atoms with E-state index in [0.717, 1.165) is 23.1 Å². The lowest BCUT2D eigenvalue weighted by atomic mass is 10.1. The van der Waals surface area contributed by atoms with Gasteiger partial charge < -0.3 is 14.0 Å². The van der Waals surface area contributed by atoms with Crippen molar-refractivity contribution in [3.63, 3.8) is 0 Å². The maximum Gasteiger partial charge on any atom is 0.359 e. The normalized spacial score (nSPS) is 10.8. The topological polar surface area (TPSA) is 63.9 Å². The number of aryl methyl sites for hydroxylation is 1. The average Bonchev–Trinajstić information content (AvgIpc) is 3.24. The van der Waals surface area contributed by atoms with Crippen LogP contribution in [-0.4, -0.2) is 39.3 Å². The molecule has 0 saturated carbocycles. The van der Waals surface area contributed by atoms with Gasteiger partial charge in [0, 0.05) is 25.5 Å². The van der Waals surface area contributed by atoms with E-state index in [1.165, 1.54) is 0 Å². The monoisotopic (exact) mass is 427 g/mol. The predicted molar refractivity (Wildman–Crippen MR) is 122 cm³/mol. The Balaban J connectivity index is 1.41. The summed E-state index contributed by atoms with van der Waals surface area (Å²) in [7, 11) is 0. The van der Waals surface area contributed by atoms with Gasteiger partial charge in [0.05, 0.1) is 0 Å². The van der Waals surface area contributed by atoms with Gasteiger partial charge in [0.25, 0.3) is 5.91 Å². The first-order chi connectivity index (χ1) is 15.6. The van der Waals surface area contributed by atoms with Crippen molar-refractivity contribution in [1.82, 2.24) is 14.3 Å². The first-order valence-electron chi connectivity index (χ1n) is 10.6. The number of carbonyl (C=O) groups is 2. The fourth-order valence-corrected chi connectivity index (χ4v) is 3.48. The van der Waals surface area contributed by atoms with Gasteiger partial charge in [0.1, 0.15) is 5.65 Å². The zero-order chi connectivity index (χ0) is 22.3. The summed E-state index contributed by atoms with van der Waals surface area (Å²) in [6.07, 6.45) is 4.17. The molecular formula is C26H25N3O3. The lowest BCUT2D eigenvalue weighted by Crippen LogP contribution is -2.35. The Bertz CT molecular complexity index is 1200. The maximum atomic E-state index is 12.9. The Morgan fingerprint density at radius 3 is 2.38 bits per heavy atom. The van der Waals surface area contributed by atoms with Crippen LogP contribution in [-0.2, 0) is 22.5 Å². The summed E-state index contributed by atoms with van der Waals surface area (Å²) in [4.78, 5) is 31.5. The molecular weight excluding hydrogens is 402 g/mol. The molecule has 0 bridgehead atoms. The number of hydrogen-bond acceptors (Lipinski definition) is 4. The molecule has 0 atom stereocenters.